The third-order valence-corrected chi connectivity index (χ3v) is 6.30. The molecule has 0 spiro atoms. The van der Waals surface area contributed by atoms with Gasteiger partial charge in [-0.15, -0.1) is 0 Å². The Balaban J connectivity index is 1.85. The third kappa shape index (κ3) is 4.59. The Bertz CT molecular complexity index is 486. The molecule has 2 fully saturated rings. The summed E-state index contributed by atoms with van der Waals surface area (Å²) >= 11 is 0. The first-order chi connectivity index (χ1) is 10.3. The monoisotopic (exact) mass is 331 g/mol. The number of piperidine rings is 1. The smallest absolute Gasteiger partial charge is 0.317 e. The fourth-order valence-electron chi connectivity index (χ4n) is 3.43. The normalized spacial score (nSPS) is 30.8. The lowest BCUT2D eigenvalue weighted by molar-refractivity contribution is 0.156. The van der Waals surface area contributed by atoms with Crippen LogP contribution in [0.5, 0.6) is 0 Å². The van der Waals surface area contributed by atoms with E-state index in [-0.39, 0.29) is 12.1 Å². The van der Waals surface area contributed by atoms with Gasteiger partial charge in [0.2, 0.25) is 10.0 Å². The molecule has 1 saturated carbocycles. The summed E-state index contributed by atoms with van der Waals surface area (Å²) in [5, 5.41) is 3.01. The van der Waals surface area contributed by atoms with E-state index in [9.17, 15) is 13.2 Å². The van der Waals surface area contributed by atoms with Crippen molar-refractivity contribution in [2.45, 2.75) is 57.5 Å². The van der Waals surface area contributed by atoms with Gasteiger partial charge in [0.1, 0.15) is 0 Å². The predicted molar refractivity (Wildman–Crippen MR) is 87.2 cm³/mol. The maximum Gasteiger partial charge on any atom is 0.317 e. The minimum atomic E-state index is -3.17. The summed E-state index contributed by atoms with van der Waals surface area (Å²) in [5.41, 5.74) is 0. The van der Waals surface area contributed by atoms with Crippen LogP contribution in [0.4, 0.5) is 4.79 Å². The van der Waals surface area contributed by atoms with Crippen LogP contribution in [-0.2, 0) is 10.0 Å². The molecule has 0 bridgehead atoms. The van der Waals surface area contributed by atoms with Gasteiger partial charge in [-0.2, -0.15) is 0 Å². The number of carbonyl (C=O) groups is 1. The van der Waals surface area contributed by atoms with Crippen molar-refractivity contribution >= 4 is 16.1 Å². The van der Waals surface area contributed by atoms with Gasteiger partial charge in [0.15, 0.2) is 0 Å². The molecule has 0 radical (unpaired) electrons. The van der Waals surface area contributed by atoms with Crippen molar-refractivity contribution in [1.29, 1.82) is 0 Å². The standard InChI is InChI=1S/C15H29N3O3S/c1-12-6-8-14(9-7-12)17(2)15(19)16-13-5-4-10-18(11-13)22(3,20)21/h12-14H,4-11H2,1-3H3,(H,16,19). The van der Waals surface area contributed by atoms with E-state index in [4.69, 9.17) is 0 Å². The van der Waals surface area contributed by atoms with Gasteiger partial charge in [-0.1, -0.05) is 6.92 Å². The van der Waals surface area contributed by atoms with E-state index in [1.807, 2.05) is 11.9 Å². The van der Waals surface area contributed by atoms with Crippen LogP contribution < -0.4 is 5.32 Å². The molecule has 2 amide bonds. The number of nitrogens with one attached hydrogen (secondary N) is 1. The molecule has 0 aromatic rings. The number of carbonyl (C=O) groups excluding carboxylic acids is 1. The third-order valence-electron chi connectivity index (χ3n) is 5.03. The average Bonchev–Trinajstić information content (AvgIpc) is 2.46. The van der Waals surface area contributed by atoms with Gasteiger partial charge in [-0.3, -0.25) is 0 Å². The van der Waals surface area contributed by atoms with E-state index in [0.717, 1.165) is 31.6 Å². The summed E-state index contributed by atoms with van der Waals surface area (Å²) in [6, 6.07) is 0.159. The fourth-order valence-corrected chi connectivity index (χ4v) is 4.34. The van der Waals surface area contributed by atoms with Crippen molar-refractivity contribution in [2.24, 2.45) is 5.92 Å². The van der Waals surface area contributed by atoms with E-state index in [0.29, 0.717) is 19.1 Å². The van der Waals surface area contributed by atoms with Gasteiger partial charge in [0.05, 0.1) is 6.26 Å². The molecule has 6 nitrogen and oxygen atoms in total. The molecule has 7 heteroatoms. The summed E-state index contributed by atoms with van der Waals surface area (Å²) in [6.07, 6.45) is 7.33. The van der Waals surface area contributed by atoms with Crippen LogP contribution >= 0.6 is 0 Å². The van der Waals surface area contributed by atoms with Crippen LogP contribution in [0.1, 0.15) is 45.4 Å². The van der Waals surface area contributed by atoms with Gasteiger partial charge in [-0.25, -0.2) is 17.5 Å². The highest BCUT2D eigenvalue weighted by atomic mass is 32.2. The van der Waals surface area contributed by atoms with Gasteiger partial charge in [-0.05, 0) is 44.4 Å². The summed E-state index contributed by atoms with van der Waals surface area (Å²) in [5.74, 6) is 0.759. The molecular formula is C15H29N3O3S. The van der Waals surface area contributed by atoms with Gasteiger partial charge in [0, 0.05) is 32.2 Å². The molecule has 128 valence electrons. The Labute approximate surface area is 134 Å². The van der Waals surface area contributed by atoms with Crippen molar-refractivity contribution < 1.29 is 13.2 Å². The lowest BCUT2D eigenvalue weighted by atomic mass is 9.87. The van der Waals surface area contributed by atoms with E-state index < -0.39 is 10.0 Å². The molecule has 0 aromatic carbocycles. The van der Waals surface area contributed by atoms with Crippen LogP contribution in [-0.4, -0.2) is 62.1 Å². The first-order valence-electron chi connectivity index (χ1n) is 8.26. The van der Waals surface area contributed by atoms with E-state index in [2.05, 4.69) is 12.2 Å². The van der Waals surface area contributed by atoms with Crippen LogP contribution in [0.3, 0.4) is 0 Å². The zero-order chi connectivity index (χ0) is 16.3. The summed E-state index contributed by atoms with van der Waals surface area (Å²) < 4.78 is 24.7. The zero-order valence-corrected chi connectivity index (χ0v) is 14.7. The maximum atomic E-state index is 12.4. The number of amides is 2. The molecule has 2 aliphatic rings. The Kier molecular flexibility index (Phi) is 5.71. The lowest BCUT2D eigenvalue weighted by Crippen LogP contribution is -2.53. The molecule has 0 aromatic heterocycles. The van der Waals surface area contributed by atoms with Crippen LogP contribution in [0.2, 0.25) is 0 Å². The number of hydrogen-bond donors (Lipinski definition) is 1. The number of rotatable bonds is 3. The van der Waals surface area contributed by atoms with Crippen LogP contribution in [0.15, 0.2) is 0 Å². The van der Waals surface area contributed by atoms with Crippen molar-refractivity contribution in [1.82, 2.24) is 14.5 Å². The first kappa shape index (κ1) is 17.5. The highest BCUT2D eigenvalue weighted by Gasteiger charge is 2.29. The van der Waals surface area contributed by atoms with Crippen LogP contribution in [0.25, 0.3) is 0 Å². The van der Waals surface area contributed by atoms with E-state index in [1.165, 1.54) is 23.4 Å². The molecule has 2 rings (SSSR count). The minimum Gasteiger partial charge on any atom is -0.334 e. The second kappa shape index (κ2) is 7.17. The molecule has 1 aliphatic carbocycles. The van der Waals surface area contributed by atoms with Crippen molar-refractivity contribution in [3.05, 3.63) is 0 Å². The van der Waals surface area contributed by atoms with Gasteiger partial charge < -0.3 is 10.2 Å². The van der Waals surface area contributed by atoms with Crippen LogP contribution in [0, 0.1) is 5.92 Å². The number of sulfonamides is 1. The van der Waals surface area contributed by atoms with Crippen molar-refractivity contribution in [2.75, 3.05) is 26.4 Å². The second-order valence-electron chi connectivity index (χ2n) is 6.93. The van der Waals surface area contributed by atoms with E-state index >= 15 is 0 Å². The SMILES string of the molecule is CC1CCC(N(C)C(=O)NC2CCCN(S(C)(=O)=O)C2)CC1. The number of urea groups is 1. The van der Waals surface area contributed by atoms with Gasteiger partial charge in [0.25, 0.3) is 0 Å². The summed E-state index contributed by atoms with van der Waals surface area (Å²) in [6.45, 7) is 3.21. The highest BCUT2D eigenvalue weighted by Crippen LogP contribution is 2.26. The topological polar surface area (TPSA) is 69.7 Å². The molecule has 1 atom stereocenters. The average molecular weight is 331 g/mol. The second-order valence-corrected chi connectivity index (χ2v) is 8.92. The quantitative estimate of drug-likeness (QED) is 0.854. The Hall–Kier alpha value is -0.820. The molecule has 1 aliphatic heterocycles. The fraction of sp³-hybridized carbons (Fsp3) is 0.933. The lowest BCUT2D eigenvalue weighted by Gasteiger charge is -2.36. The Morgan fingerprint density at radius 2 is 1.82 bits per heavy atom. The Morgan fingerprint density at radius 1 is 1.18 bits per heavy atom. The first-order valence-corrected chi connectivity index (χ1v) is 10.1. The van der Waals surface area contributed by atoms with Crippen molar-refractivity contribution in [3.8, 4) is 0 Å². The minimum absolute atomic E-state index is 0.0695. The molecule has 1 saturated heterocycles. The van der Waals surface area contributed by atoms with Crippen molar-refractivity contribution in [3.63, 3.8) is 0 Å². The summed E-state index contributed by atoms with van der Waals surface area (Å²) in [7, 11) is -1.32. The van der Waals surface area contributed by atoms with Gasteiger partial charge >= 0.3 is 6.03 Å². The molecule has 1 N–H and O–H groups in total. The largest absolute Gasteiger partial charge is 0.334 e. The predicted octanol–water partition coefficient (Wildman–Crippen LogP) is 1.63. The maximum absolute atomic E-state index is 12.4. The Morgan fingerprint density at radius 3 is 2.41 bits per heavy atom. The molecule has 22 heavy (non-hydrogen) atoms. The number of nitrogens with zero attached hydrogens (tertiary/aromatic N) is 2. The number of hydrogen-bond acceptors (Lipinski definition) is 3. The zero-order valence-electron chi connectivity index (χ0n) is 13.9. The molecule has 1 heterocycles. The molecule has 1 unspecified atom stereocenters. The van der Waals surface area contributed by atoms with E-state index in [1.54, 1.807) is 0 Å². The molecular weight excluding hydrogens is 302 g/mol. The highest BCUT2D eigenvalue weighted by molar-refractivity contribution is 7.88. The summed E-state index contributed by atoms with van der Waals surface area (Å²) in [4.78, 5) is 14.2.